The van der Waals surface area contributed by atoms with E-state index in [4.69, 9.17) is 0 Å². The van der Waals surface area contributed by atoms with E-state index in [1.54, 1.807) is 23.5 Å². The first-order chi connectivity index (χ1) is 15.1. The Morgan fingerprint density at radius 2 is 1.84 bits per heavy atom. The minimum atomic E-state index is -0.169. The van der Waals surface area contributed by atoms with Gasteiger partial charge in [0.05, 0.1) is 5.69 Å². The molecule has 4 rings (SSSR count). The Balaban J connectivity index is 1.26. The highest BCUT2D eigenvalue weighted by atomic mass is 32.1. The third-order valence-electron chi connectivity index (χ3n) is 5.33. The number of hydrogen-bond acceptors (Lipinski definition) is 5. The molecule has 0 aliphatic carbocycles. The first-order valence-corrected chi connectivity index (χ1v) is 11.3. The molecule has 1 aliphatic rings. The highest BCUT2D eigenvalue weighted by Gasteiger charge is 2.19. The van der Waals surface area contributed by atoms with E-state index >= 15 is 0 Å². The van der Waals surface area contributed by atoms with Crippen molar-refractivity contribution < 1.29 is 9.59 Å². The number of carbonyl (C=O) groups excluding carboxylic acids is 2. The first-order valence-electron chi connectivity index (χ1n) is 10.4. The van der Waals surface area contributed by atoms with Gasteiger partial charge in [0.2, 0.25) is 5.91 Å². The van der Waals surface area contributed by atoms with Crippen LogP contribution in [0.4, 0.5) is 5.13 Å². The maximum Gasteiger partial charge on any atom is 0.257 e. The summed E-state index contributed by atoms with van der Waals surface area (Å²) < 4.78 is 0. The highest BCUT2D eigenvalue weighted by molar-refractivity contribution is 7.15. The minimum Gasteiger partial charge on any atom is -0.352 e. The van der Waals surface area contributed by atoms with Crippen LogP contribution < -0.4 is 10.6 Å². The van der Waals surface area contributed by atoms with Crippen LogP contribution in [0.2, 0.25) is 0 Å². The zero-order valence-corrected chi connectivity index (χ0v) is 18.4. The Morgan fingerprint density at radius 3 is 2.61 bits per heavy atom. The van der Waals surface area contributed by atoms with E-state index in [9.17, 15) is 9.59 Å². The van der Waals surface area contributed by atoms with E-state index < -0.39 is 0 Å². The largest absolute Gasteiger partial charge is 0.352 e. The maximum atomic E-state index is 12.6. The lowest BCUT2D eigenvalue weighted by Gasteiger charge is -2.20. The zero-order chi connectivity index (χ0) is 21.6. The SMILES string of the molecule is CN1CCc2nc(NC(=O)c3ccc(CNC(=O)CCc4ccccc4)cc3)sc2C1. The van der Waals surface area contributed by atoms with Crippen molar-refractivity contribution in [3.8, 4) is 0 Å². The van der Waals surface area contributed by atoms with Gasteiger partial charge in [0.1, 0.15) is 0 Å². The van der Waals surface area contributed by atoms with Crippen LogP contribution in [-0.4, -0.2) is 35.3 Å². The summed E-state index contributed by atoms with van der Waals surface area (Å²) >= 11 is 1.55. The molecule has 2 aromatic carbocycles. The second kappa shape index (κ2) is 9.85. The number of likely N-dealkylation sites (N-methyl/N-ethyl adjacent to an activating group) is 1. The second-order valence-corrected chi connectivity index (χ2v) is 8.87. The summed E-state index contributed by atoms with van der Waals surface area (Å²) in [4.78, 5) is 32.7. The van der Waals surface area contributed by atoms with Gasteiger partial charge in [-0.25, -0.2) is 4.98 Å². The number of nitrogens with zero attached hydrogens (tertiary/aromatic N) is 2. The van der Waals surface area contributed by atoms with Gasteiger partial charge in [-0.3, -0.25) is 14.9 Å². The van der Waals surface area contributed by atoms with Crippen LogP contribution in [0.1, 0.15) is 38.5 Å². The molecule has 2 heterocycles. The molecule has 0 unspecified atom stereocenters. The van der Waals surface area contributed by atoms with Crippen molar-refractivity contribution >= 4 is 28.3 Å². The number of rotatable bonds is 7. The normalized spacial score (nSPS) is 13.5. The molecular weight excluding hydrogens is 408 g/mol. The van der Waals surface area contributed by atoms with Gasteiger partial charge in [-0.1, -0.05) is 42.5 Å². The third-order valence-corrected chi connectivity index (χ3v) is 6.33. The molecule has 0 bridgehead atoms. The Kier molecular flexibility index (Phi) is 6.74. The molecule has 0 atom stereocenters. The number of carbonyl (C=O) groups is 2. The summed E-state index contributed by atoms with van der Waals surface area (Å²) in [6, 6.07) is 17.3. The molecule has 2 amide bonds. The monoisotopic (exact) mass is 434 g/mol. The van der Waals surface area contributed by atoms with Crippen molar-refractivity contribution in [2.24, 2.45) is 0 Å². The van der Waals surface area contributed by atoms with Crippen molar-refractivity contribution in [1.29, 1.82) is 0 Å². The van der Waals surface area contributed by atoms with E-state index in [0.717, 1.165) is 42.8 Å². The summed E-state index contributed by atoms with van der Waals surface area (Å²) in [5.74, 6) is -0.151. The van der Waals surface area contributed by atoms with Crippen LogP contribution in [0.15, 0.2) is 54.6 Å². The second-order valence-electron chi connectivity index (χ2n) is 7.79. The number of hydrogen-bond donors (Lipinski definition) is 2. The minimum absolute atomic E-state index is 0.0176. The lowest BCUT2D eigenvalue weighted by atomic mass is 10.1. The van der Waals surface area contributed by atoms with Crippen molar-refractivity contribution in [3.63, 3.8) is 0 Å². The molecule has 31 heavy (non-hydrogen) atoms. The van der Waals surface area contributed by atoms with Gasteiger partial charge in [0.15, 0.2) is 5.13 Å². The van der Waals surface area contributed by atoms with E-state index in [1.807, 2.05) is 42.5 Å². The van der Waals surface area contributed by atoms with Crippen molar-refractivity contribution in [3.05, 3.63) is 81.9 Å². The molecular formula is C24H26N4O2S. The van der Waals surface area contributed by atoms with Crippen LogP contribution in [-0.2, 0) is 30.7 Å². The Morgan fingerprint density at radius 1 is 1.06 bits per heavy atom. The molecule has 160 valence electrons. The summed E-state index contributed by atoms with van der Waals surface area (Å²) in [5.41, 5.74) is 3.78. The molecule has 1 aliphatic heterocycles. The third kappa shape index (κ3) is 5.77. The fraction of sp³-hybridized carbons (Fsp3) is 0.292. The van der Waals surface area contributed by atoms with Gasteiger partial charge in [0, 0.05) is 42.9 Å². The van der Waals surface area contributed by atoms with Crippen molar-refractivity contribution in [1.82, 2.24) is 15.2 Å². The molecule has 2 N–H and O–H groups in total. The average Bonchev–Trinajstić information content (AvgIpc) is 3.18. The van der Waals surface area contributed by atoms with Gasteiger partial charge < -0.3 is 10.2 Å². The molecule has 3 aromatic rings. The van der Waals surface area contributed by atoms with Crippen LogP contribution in [0, 0.1) is 0 Å². The number of thiazole rings is 1. The van der Waals surface area contributed by atoms with Crippen LogP contribution in [0.3, 0.4) is 0 Å². The number of aromatic nitrogens is 1. The van der Waals surface area contributed by atoms with E-state index in [2.05, 4.69) is 27.6 Å². The first kappa shape index (κ1) is 21.2. The van der Waals surface area contributed by atoms with Gasteiger partial charge >= 0.3 is 0 Å². The van der Waals surface area contributed by atoms with E-state index in [-0.39, 0.29) is 11.8 Å². The summed E-state index contributed by atoms with van der Waals surface area (Å²) in [5, 5.41) is 6.50. The van der Waals surface area contributed by atoms with Crippen LogP contribution in [0.25, 0.3) is 0 Å². The van der Waals surface area contributed by atoms with Crippen LogP contribution in [0.5, 0.6) is 0 Å². The quantitative estimate of drug-likeness (QED) is 0.596. The number of fused-ring (bicyclic) bond motifs is 1. The Bertz CT molecular complexity index is 1050. The van der Waals surface area contributed by atoms with Crippen LogP contribution >= 0.6 is 11.3 Å². The van der Waals surface area contributed by atoms with Gasteiger partial charge in [-0.2, -0.15) is 0 Å². The Labute approximate surface area is 186 Å². The van der Waals surface area contributed by atoms with Gasteiger partial charge in [-0.05, 0) is 36.7 Å². The predicted octanol–water partition coefficient (Wildman–Crippen LogP) is 3.63. The lowest BCUT2D eigenvalue weighted by molar-refractivity contribution is -0.121. The molecule has 0 spiro atoms. The zero-order valence-electron chi connectivity index (χ0n) is 17.6. The number of aryl methyl sites for hydroxylation is 1. The van der Waals surface area contributed by atoms with Crippen molar-refractivity contribution in [2.75, 3.05) is 18.9 Å². The molecule has 1 aromatic heterocycles. The summed E-state index contributed by atoms with van der Waals surface area (Å²) in [6.45, 7) is 2.32. The summed E-state index contributed by atoms with van der Waals surface area (Å²) in [7, 11) is 2.09. The van der Waals surface area contributed by atoms with E-state index in [0.29, 0.717) is 23.7 Å². The molecule has 7 heteroatoms. The smallest absolute Gasteiger partial charge is 0.257 e. The molecule has 0 fully saturated rings. The lowest BCUT2D eigenvalue weighted by Crippen LogP contribution is -2.25. The van der Waals surface area contributed by atoms with Crippen molar-refractivity contribution in [2.45, 2.75) is 32.4 Å². The topological polar surface area (TPSA) is 74.3 Å². The van der Waals surface area contributed by atoms with E-state index in [1.165, 1.54) is 4.88 Å². The predicted molar refractivity (Wildman–Crippen MR) is 123 cm³/mol. The molecule has 0 radical (unpaired) electrons. The fourth-order valence-electron chi connectivity index (χ4n) is 3.51. The summed E-state index contributed by atoms with van der Waals surface area (Å²) in [6.07, 6.45) is 2.10. The van der Waals surface area contributed by atoms with Gasteiger partial charge in [0.25, 0.3) is 5.91 Å². The number of benzene rings is 2. The maximum absolute atomic E-state index is 12.6. The molecule has 6 nitrogen and oxygen atoms in total. The number of amides is 2. The standard InChI is InChI=1S/C24H26N4O2S/c1-28-14-13-20-21(16-28)31-24(26-20)27-23(30)19-10-7-18(8-11-19)15-25-22(29)12-9-17-5-3-2-4-6-17/h2-8,10-11H,9,12-16H2,1H3,(H,25,29)(H,26,27,30). The van der Waals surface area contributed by atoms with Gasteiger partial charge in [-0.15, -0.1) is 11.3 Å². The molecule has 0 saturated carbocycles. The Hall–Kier alpha value is -3.03. The average molecular weight is 435 g/mol. The fourth-order valence-corrected chi connectivity index (χ4v) is 4.59. The molecule has 0 saturated heterocycles. The number of anilines is 1. The highest BCUT2D eigenvalue weighted by Crippen LogP contribution is 2.28. The number of nitrogens with one attached hydrogen (secondary N) is 2.